The molecule has 0 radical (unpaired) electrons. The van der Waals surface area contributed by atoms with Gasteiger partial charge in [0.25, 0.3) is 5.91 Å². The Morgan fingerprint density at radius 3 is 2.59 bits per heavy atom. The number of halogens is 2. The lowest BCUT2D eigenvalue weighted by Crippen LogP contribution is -2.50. The Hall–Kier alpha value is -1.65. The van der Waals surface area contributed by atoms with Crippen LogP contribution in [-0.4, -0.2) is 68.2 Å². The lowest BCUT2D eigenvalue weighted by atomic mass is 10.2. The summed E-state index contributed by atoms with van der Waals surface area (Å²) >= 11 is 7.37. The molecular weight excluding hydrogens is 475 g/mol. The van der Waals surface area contributed by atoms with E-state index in [1.54, 1.807) is 16.7 Å². The van der Waals surface area contributed by atoms with Crippen LogP contribution in [-0.2, 0) is 14.8 Å². The molecule has 32 heavy (non-hydrogen) atoms. The van der Waals surface area contributed by atoms with Crippen LogP contribution >= 0.6 is 23.4 Å². The highest BCUT2D eigenvalue weighted by Crippen LogP contribution is 2.28. The number of hydrogen-bond acceptors (Lipinski definition) is 5. The predicted octanol–water partition coefficient (Wildman–Crippen LogP) is 3.90. The van der Waals surface area contributed by atoms with Crippen LogP contribution in [0.25, 0.3) is 0 Å². The van der Waals surface area contributed by atoms with Crippen LogP contribution in [0.4, 0.5) is 4.39 Å². The molecule has 6 nitrogen and oxygen atoms in total. The molecule has 10 heteroatoms. The summed E-state index contributed by atoms with van der Waals surface area (Å²) in [6.45, 7) is 1.67. The smallest absolute Gasteiger partial charge is 0.255 e. The molecule has 2 fully saturated rings. The lowest BCUT2D eigenvalue weighted by Gasteiger charge is -2.34. The molecular formula is C22H24ClFN2O4S2. The van der Waals surface area contributed by atoms with Crippen LogP contribution in [0, 0.1) is 5.82 Å². The number of benzene rings is 2. The highest BCUT2D eigenvalue weighted by atomic mass is 35.5. The molecule has 172 valence electrons. The van der Waals surface area contributed by atoms with E-state index in [1.807, 2.05) is 24.3 Å². The maximum Gasteiger partial charge on any atom is 0.255 e. The molecule has 2 aliphatic heterocycles. The topological polar surface area (TPSA) is 66.9 Å². The zero-order chi connectivity index (χ0) is 22.7. The van der Waals surface area contributed by atoms with Crippen molar-refractivity contribution in [1.29, 1.82) is 0 Å². The first-order valence-corrected chi connectivity index (χ1v) is 13.2. The molecule has 2 aliphatic rings. The lowest BCUT2D eigenvalue weighted by molar-refractivity contribution is 0.0694. The minimum atomic E-state index is -3.82. The van der Waals surface area contributed by atoms with Gasteiger partial charge in [0.2, 0.25) is 10.0 Å². The van der Waals surface area contributed by atoms with Crippen LogP contribution in [0.1, 0.15) is 23.2 Å². The fourth-order valence-corrected chi connectivity index (χ4v) is 6.62. The van der Waals surface area contributed by atoms with E-state index >= 15 is 0 Å². The number of carbonyl (C=O) groups is 1. The summed E-state index contributed by atoms with van der Waals surface area (Å²) in [6, 6.07) is 10.9. The zero-order valence-corrected chi connectivity index (χ0v) is 19.8. The number of nitrogens with zero attached hydrogens (tertiary/aromatic N) is 2. The Morgan fingerprint density at radius 2 is 1.91 bits per heavy atom. The van der Waals surface area contributed by atoms with Crippen molar-refractivity contribution in [2.75, 3.05) is 38.5 Å². The third kappa shape index (κ3) is 5.12. The second kappa shape index (κ2) is 10.1. The van der Waals surface area contributed by atoms with E-state index in [1.165, 1.54) is 10.4 Å². The standard InChI is InChI=1S/C22H24ClFN2O4S2/c23-19-14-17(7-8-20(19)24)32(28,29)26-11-9-25(10-12-26)22(27)18-5-1-2-6-21(18)31-15-16-4-3-13-30-16/h1-2,5-8,14,16H,3-4,9-13,15H2. The molecule has 0 spiro atoms. The molecule has 2 aromatic carbocycles. The number of thioether (sulfide) groups is 1. The van der Waals surface area contributed by atoms with Crippen LogP contribution in [0.15, 0.2) is 52.3 Å². The summed E-state index contributed by atoms with van der Waals surface area (Å²) in [5.74, 6) is 0.0238. The van der Waals surface area contributed by atoms with Crippen molar-refractivity contribution in [3.8, 4) is 0 Å². The van der Waals surface area contributed by atoms with Gasteiger partial charge in [-0.2, -0.15) is 4.31 Å². The third-order valence-electron chi connectivity index (χ3n) is 5.62. The summed E-state index contributed by atoms with van der Waals surface area (Å²) in [4.78, 5) is 15.7. The molecule has 0 N–H and O–H groups in total. The summed E-state index contributed by atoms with van der Waals surface area (Å²) < 4.78 is 46.2. The minimum Gasteiger partial charge on any atom is -0.377 e. The van der Waals surface area contributed by atoms with Crippen LogP contribution in [0.3, 0.4) is 0 Å². The number of hydrogen-bond donors (Lipinski definition) is 0. The number of piperazine rings is 1. The van der Waals surface area contributed by atoms with Gasteiger partial charge in [0.1, 0.15) is 5.82 Å². The Bertz CT molecular complexity index is 1090. The average molecular weight is 499 g/mol. The number of amides is 1. The highest BCUT2D eigenvalue weighted by Gasteiger charge is 2.31. The van der Waals surface area contributed by atoms with Crippen molar-refractivity contribution >= 4 is 39.3 Å². The molecule has 2 saturated heterocycles. The van der Waals surface area contributed by atoms with Crippen molar-refractivity contribution < 1.29 is 22.3 Å². The number of ether oxygens (including phenoxy) is 1. The zero-order valence-electron chi connectivity index (χ0n) is 17.4. The van der Waals surface area contributed by atoms with Crippen LogP contribution in [0.5, 0.6) is 0 Å². The quantitative estimate of drug-likeness (QED) is 0.565. The second-order valence-corrected chi connectivity index (χ2v) is 11.1. The fourth-order valence-electron chi connectivity index (χ4n) is 3.82. The molecule has 4 rings (SSSR count). The van der Waals surface area contributed by atoms with Gasteiger partial charge >= 0.3 is 0 Å². The number of sulfonamides is 1. The molecule has 2 heterocycles. The molecule has 1 amide bonds. The monoisotopic (exact) mass is 498 g/mol. The van der Waals surface area contributed by atoms with Crippen LogP contribution < -0.4 is 0 Å². The van der Waals surface area contributed by atoms with Gasteiger partial charge in [0.05, 0.1) is 21.6 Å². The first-order valence-electron chi connectivity index (χ1n) is 10.4. The van der Waals surface area contributed by atoms with E-state index in [4.69, 9.17) is 16.3 Å². The molecule has 0 aromatic heterocycles. The molecule has 0 bridgehead atoms. The van der Waals surface area contributed by atoms with E-state index in [9.17, 15) is 17.6 Å². The van der Waals surface area contributed by atoms with Crippen molar-refractivity contribution in [3.63, 3.8) is 0 Å². The Balaban J connectivity index is 1.41. The number of rotatable bonds is 6. The largest absolute Gasteiger partial charge is 0.377 e. The molecule has 2 aromatic rings. The van der Waals surface area contributed by atoms with E-state index < -0.39 is 15.8 Å². The van der Waals surface area contributed by atoms with Crippen molar-refractivity contribution in [3.05, 3.63) is 58.9 Å². The van der Waals surface area contributed by atoms with Gasteiger partial charge < -0.3 is 9.64 Å². The van der Waals surface area contributed by atoms with Gasteiger partial charge in [0, 0.05) is 43.4 Å². The van der Waals surface area contributed by atoms with E-state index in [2.05, 4.69) is 0 Å². The van der Waals surface area contributed by atoms with E-state index in [0.717, 1.165) is 42.2 Å². The highest BCUT2D eigenvalue weighted by molar-refractivity contribution is 7.99. The summed E-state index contributed by atoms with van der Waals surface area (Å²) in [7, 11) is -3.82. The van der Waals surface area contributed by atoms with Crippen molar-refractivity contribution in [1.82, 2.24) is 9.21 Å². The van der Waals surface area contributed by atoms with Gasteiger partial charge in [0.15, 0.2) is 0 Å². The van der Waals surface area contributed by atoms with Gasteiger partial charge in [-0.1, -0.05) is 23.7 Å². The second-order valence-electron chi connectivity index (χ2n) is 7.71. The molecule has 0 saturated carbocycles. The summed E-state index contributed by atoms with van der Waals surface area (Å²) in [5.41, 5.74) is 0.622. The van der Waals surface area contributed by atoms with Gasteiger partial charge in [-0.05, 0) is 43.2 Å². The minimum absolute atomic E-state index is 0.0560. The first-order chi connectivity index (χ1) is 15.4. The van der Waals surface area contributed by atoms with Gasteiger partial charge in [-0.3, -0.25) is 4.79 Å². The fraction of sp³-hybridized carbons (Fsp3) is 0.409. The van der Waals surface area contributed by atoms with Crippen LogP contribution in [0.2, 0.25) is 5.02 Å². The van der Waals surface area contributed by atoms with Crippen molar-refractivity contribution in [2.24, 2.45) is 0 Å². The summed E-state index contributed by atoms with van der Waals surface area (Å²) in [6.07, 6.45) is 2.33. The number of carbonyl (C=O) groups excluding carboxylic acids is 1. The Morgan fingerprint density at radius 1 is 1.16 bits per heavy atom. The van der Waals surface area contributed by atoms with E-state index in [0.29, 0.717) is 5.56 Å². The van der Waals surface area contributed by atoms with Crippen molar-refractivity contribution in [2.45, 2.75) is 28.7 Å². The maximum atomic E-state index is 13.4. The maximum absolute atomic E-state index is 13.4. The van der Waals surface area contributed by atoms with E-state index in [-0.39, 0.29) is 48.1 Å². The average Bonchev–Trinajstić information content (AvgIpc) is 3.33. The SMILES string of the molecule is O=C(c1ccccc1SCC1CCCO1)N1CCN(S(=O)(=O)c2ccc(F)c(Cl)c2)CC1. The third-order valence-corrected chi connectivity index (χ3v) is 9.01. The predicted molar refractivity (Wildman–Crippen MR) is 122 cm³/mol. The van der Waals surface area contributed by atoms with Gasteiger partial charge in [-0.15, -0.1) is 11.8 Å². The Kier molecular flexibility index (Phi) is 7.41. The normalized spacial score (nSPS) is 19.9. The first kappa shape index (κ1) is 23.5. The van der Waals surface area contributed by atoms with Gasteiger partial charge in [-0.25, -0.2) is 12.8 Å². The molecule has 0 aliphatic carbocycles. The summed E-state index contributed by atoms with van der Waals surface area (Å²) in [5, 5.41) is -0.239. The Labute approximate surface area is 196 Å². The molecule has 1 unspecified atom stereocenters. The molecule has 1 atom stereocenters.